The molecule has 3 nitrogen and oxygen atoms in total. The number of pyridine rings is 1. The predicted octanol–water partition coefficient (Wildman–Crippen LogP) is 4.09. The number of aromatic nitrogens is 3. The van der Waals surface area contributed by atoms with Crippen LogP contribution in [0.1, 0.15) is 0 Å². The van der Waals surface area contributed by atoms with Crippen molar-refractivity contribution < 1.29 is 0 Å². The van der Waals surface area contributed by atoms with Crippen LogP contribution in [0.4, 0.5) is 0 Å². The van der Waals surface area contributed by atoms with E-state index in [1.165, 1.54) is 0 Å². The first-order valence-electron chi connectivity index (χ1n) is 6.88. The highest BCUT2D eigenvalue weighted by Crippen LogP contribution is 2.28. The molecule has 0 radical (unpaired) electrons. The monoisotopic (exact) mass is 271 g/mol. The van der Waals surface area contributed by atoms with E-state index in [2.05, 4.69) is 23.2 Å². The Hall–Kier alpha value is -2.94. The Labute approximate surface area is 122 Å². The lowest BCUT2D eigenvalue weighted by Gasteiger charge is -2.01. The van der Waals surface area contributed by atoms with Gasteiger partial charge in [0.1, 0.15) is 5.69 Å². The summed E-state index contributed by atoms with van der Waals surface area (Å²) in [6.07, 6.45) is 1.80. The quantitative estimate of drug-likeness (QED) is 0.550. The van der Waals surface area contributed by atoms with Crippen LogP contribution in [-0.4, -0.2) is 14.8 Å². The Morgan fingerprint density at radius 2 is 1.43 bits per heavy atom. The molecule has 0 aliphatic rings. The van der Waals surface area contributed by atoms with E-state index in [-0.39, 0.29) is 0 Å². The maximum Gasteiger partial charge on any atom is 0.163 e. The highest BCUT2D eigenvalue weighted by molar-refractivity contribution is 5.91. The molecule has 0 atom stereocenters. The molecule has 0 saturated heterocycles. The molecule has 4 rings (SSSR count). The molecule has 0 saturated carbocycles. The molecule has 0 amide bonds. The standard InChI is InChI=1S/C18H13N3/c1-3-8-14(9-4-1)17-16-12-7-13-19-18(16)21(20-17)15-10-5-2-6-11-15/h1-13H. The summed E-state index contributed by atoms with van der Waals surface area (Å²) in [5, 5.41) is 5.85. The van der Waals surface area contributed by atoms with Crippen LogP contribution in [0.15, 0.2) is 79.0 Å². The fraction of sp³-hybridized carbons (Fsp3) is 0. The molecule has 0 fully saturated rings. The lowest BCUT2D eigenvalue weighted by Crippen LogP contribution is -1.97. The van der Waals surface area contributed by atoms with Crippen LogP contribution >= 0.6 is 0 Å². The van der Waals surface area contributed by atoms with E-state index in [4.69, 9.17) is 5.10 Å². The van der Waals surface area contributed by atoms with Crippen LogP contribution in [-0.2, 0) is 0 Å². The van der Waals surface area contributed by atoms with E-state index in [0.717, 1.165) is 28.0 Å². The first kappa shape index (κ1) is 11.9. The van der Waals surface area contributed by atoms with Gasteiger partial charge in [0.05, 0.1) is 5.69 Å². The number of rotatable bonds is 2. The average Bonchev–Trinajstić information content (AvgIpc) is 2.96. The van der Waals surface area contributed by atoms with Crippen LogP contribution in [0, 0.1) is 0 Å². The van der Waals surface area contributed by atoms with Gasteiger partial charge in [0.2, 0.25) is 0 Å². The van der Waals surface area contributed by atoms with Gasteiger partial charge in [-0.15, -0.1) is 0 Å². The molecular weight excluding hydrogens is 258 g/mol. The number of benzene rings is 2. The largest absolute Gasteiger partial charge is 0.237 e. The highest BCUT2D eigenvalue weighted by atomic mass is 15.3. The van der Waals surface area contributed by atoms with Gasteiger partial charge >= 0.3 is 0 Å². The van der Waals surface area contributed by atoms with Crippen molar-refractivity contribution in [2.75, 3.05) is 0 Å². The van der Waals surface area contributed by atoms with E-state index in [9.17, 15) is 0 Å². The zero-order chi connectivity index (χ0) is 14.1. The summed E-state index contributed by atoms with van der Waals surface area (Å²) in [6.45, 7) is 0. The van der Waals surface area contributed by atoms with Crippen LogP contribution in [0.5, 0.6) is 0 Å². The number of para-hydroxylation sites is 1. The number of fused-ring (bicyclic) bond motifs is 1. The normalized spacial score (nSPS) is 10.9. The molecule has 0 aliphatic carbocycles. The van der Waals surface area contributed by atoms with Crippen molar-refractivity contribution in [1.82, 2.24) is 14.8 Å². The summed E-state index contributed by atoms with van der Waals surface area (Å²) in [6, 6.07) is 24.3. The van der Waals surface area contributed by atoms with Crippen molar-refractivity contribution in [1.29, 1.82) is 0 Å². The smallest absolute Gasteiger partial charge is 0.163 e. The molecule has 2 aromatic heterocycles. The second kappa shape index (κ2) is 4.87. The minimum Gasteiger partial charge on any atom is -0.237 e. The Morgan fingerprint density at radius 1 is 0.714 bits per heavy atom. The Kier molecular flexibility index (Phi) is 2.75. The third-order valence-corrected chi connectivity index (χ3v) is 3.49. The van der Waals surface area contributed by atoms with Gasteiger partial charge in [0, 0.05) is 17.1 Å². The zero-order valence-electron chi connectivity index (χ0n) is 11.3. The summed E-state index contributed by atoms with van der Waals surface area (Å²) in [7, 11) is 0. The first-order chi connectivity index (χ1) is 10.4. The molecule has 0 unspecified atom stereocenters. The first-order valence-corrected chi connectivity index (χ1v) is 6.88. The van der Waals surface area contributed by atoms with E-state index in [1.54, 1.807) is 6.20 Å². The SMILES string of the molecule is c1ccc(-c2nn(-c3ccccc3)c3ncccc23)cc1. The van der Waals surface area contributed by atoms with Crippen molar-refractivity contribution in [2.24, 2.45) is 0 Å². The second-order valence-corrected chi connectivity index (χ2v) is 4.84. The van der Waals surface area contributed by atoms with Crippen molar-refractivity contribution >= 4 is 11.0 Å². The summed E-state index contributed by atoms with van der Waals surface area (Å²) >= 11 is 0. The maximum absolute atomic E-state index is 4.78. The van der Waals surface area contributed by atoms with Gasteiger partial charge in [-0.3, -0.25) is 0 Å². The highest BCUT2D eigenvalue weighted by Gasteiger charge is 2.13. The van der Waals surface area contributed by atoms with Crippen molar-refractivity contribution in [2.45, 2.75) is 0 Å². The summed E-state index contributed by atoms with van der Waals surface area (Å²) in [5.74, 6) is 0. The molecule has 21 heavy (non-hydrogen) atoms. The van der Waals surface area contributed by atoms with Crippen LogP contribution in [0.25, 0.3) is 28.0 Å². The van der Waals surface area contributed by atoms with E-state index in [0.29, 0.717) is 0 Å². The number of hydrogen-bond donors (Lipinski definition) is 0. The van der Waals surface area contributed by atoms with Gasteiger partial charge in [-0.25, -0.2) is 9.67 Å². The van der Waals surface area contributed by atoms with Gasteiger partial charge in [-0.2, -0.15) is 5.10 Å². The molecule has 2 aromatic carbocycles. The molecule has 0 N–H and O–H groups in total. The average molecular weight is 271 g/mol. The van der Waals surface area contributed by atoms with Gasteiger partial charge in [-0.1, -0.05) is 48.5 Å². The van der Waals surface area contributed by atoms with Crippen molar-refractivity contribution in [3.05, 3.63) is 79.0 Å². The number of hydrogen-bond acceptors (Lipinski definition) is 2. The molecule has 4 aromatic rings. The molecule has 0 bridgehead atoms. The van der Waals surface area contributed by atoms with E-state index in [1.807, 2.05) is 59.3 Å². The second-order valence-electron chi connectivity index (χ2n) is 4.84. The summed E-state index contributed by atoms with van der Waals surface area (Å²) < 4.78 is 1.90. The third kappa shape index (κ3) is 1.99. The lowest BCUT2D eigenvalue weighted by molar-refractivity contribution is 0.901. The van der Waals surface area contributed by atoms with Gasteiger partial charge in [0.15, 0.2) is 5.65 Å². The van der Waals surface area contributed by atoms with Crippen molar-refractivity contribution in [3.63, 3.8) is 0 Å². The predicted molar refractivity (Wildman–Crippen MR) is 84.3 cm³/mol. The van der Waals surface area contributed by atoms with Crippen LogP contribution in [0.2, 0.25) is 0 Å². The Balaban J connectivity index is 2.02. The Bertz CT molecular complexity index is 807. The topological polar surface area (TPSA) is 30.7 Å². The van der Waals surface area contributed by atoms with Crippen LogP contribution < -0.4 is 0 Å². The minimum atomic E-state index is 0.877. The van der Waals surface area contributed by atoms with Crippen LogP contribution in [0.3, 0.4) is 0 Å². The van der Waals surface area contributed by atoms with E-state index >= 15 is 0 Å². The molecule has 0 aliphatic heterocycles. The molecule has 100 valence electrons. The maximum atomic E-state index is 4.78. The van der Waals surface area contributed by atoms with E-state index < -0.39 is 0 Å². The fourth-order valence-corrected chi connectivity index (χ4v) is 2.51. The molecule has 3 heteroatoms. The minimum absolute atomic E-state index is 0.877. The summed E-state index contributed by atoms with van der Waals surface area (Å²) in [5.41, 5.74) is 3.96. The molecule has 0 spiro atoms. The van der Waals surface area contributed by atoms with Gasteiger partial charge in [0.25, 0.3) is 0 Å². The van der Waals surface area contributed by atoms with Gasteiger partial charge < -0.3 is 0 Å². The third-order valence-electron chi connectivity index (χ3n) is 3.49. The van der Waals surface area contributed by atoms with Gasteiger partial charge in [-0.05, 0) is 24.3 Å². The molecule has 2 heterocycles. The Morgan fingerprint density at radius 3 is 2.19 bits per heavy atom. The number of nitrogens with zero attached hydrogens (tertiary/aromatic N) is 3. The summed E-state index contributed by atoms with van der Waals surface area (Å²) in [4.78, 5) is 4.50. The van der Waals surface area contributed by atoms with Crippen molar-refractivity contribution in [3.8, 4) is 16.9 Å². The fourth-order valence-electron chi connectivity index (χ4n) is 2.51. The molecular formula is C18H13N3. The lowest BCUT2D eigenvalue weighted by atomic mass is 10.1. The zero-order valence-corrected chi connectivity index (χ0v) is 11.3.